The molecule has 0 aromatic heterocycles. The van der Waals surface area contributed by atoms with Crippen molar-refractivity contribution >= 4 is 5.91 Å². The molecule has 4 nitrogen and oxygen atoms in total. The SMILES string of the molecule is COCCC1CCOC2(C1)CN(C(=O)CC1Cc3ccccc3C1)C2. The summed E-state index contributed by atoms with van der Waals surface area (Å²) in [6.45, 7) is 3.23. The van der Waals surface area contributed by atoms with Gasteiger partial charge < -0.3 is 14.4 Å². The van der Waals surface area contributed by atoms with Crippen LogP contribution in [0.1, 0.15) is 36.8 Å². The maximum atomic E-state index is 12.7. The van der Waals surface area contributed by atoms with Gasteiger partial charge in [-0.15, -0.1) is 0 Å². The lowest BCUT2D eigenvalue weighted by Crippen LogP contribution is -2.66. The van der Waals surface area contributed by atoms with Gasteiger partial charge in [0, 0.05) is 26.7 Å². The van der Waals surface area contributed by atoms with Crippen molar-refractivity contribution in [1.82, 2.24) is 4.90 Å². The molecule has 4 heteroatoms. The van der Waals surface area contributed by atoms with Gasteiger partial charge in [0.15, 0.2) is 0 Å². The fourth-order valence-electron chi connectivity index (χ4n) is 4.88. The molecule has 1 aromatic carbocycles. The number of likely N-dealkylation sites (tertiary alicyclic amines) is 1. The summed E-state index contributed by atoms with van der Waals surface area (Å²) in [5, 5.41) is 0. The van der Waals surface area contributed by atoms with Crippen LogP contribution in [0.25, 0.3) is 0 Å². The first-order valence-electron chi connectivity index (χ1n) is 9.65. The zero-order valence-electron chi connectivity index (χ0n) is 15.2. The van der Waals surface area contributed by atoms with Crippen LogP contribution >= 0.6 is 0 Å². The molecule has 1 unspecified atom stereocenters. The largest absolute Gasteiger partial charge is 0.385 e. The Hall–Kier alpha value is -1.39. The molecule has 2 aliphatic heterocycles. The van der Waals surface area contributed by atoms with Crippen molar-refractivity contribution in [2.75, 3.05) is 33.4 Å². The van der Waals surface area contributed by atoms with Crippen molar-refractivity contribution < 1.29 is 14.3 Å². The van der Waals surface area contributed by atoms with E-state index in [2.05, 4.69) is 24.3 Å². The van der Waals surface area contributed by atoms with E-state index in [1.807, 2.05) is 4.90 Å². The minimum Gasteiger partial charge on any atom is -0.385 e. The lowest BCUT2D eigenvalue weighted by atomic mass is 9.79. The molecule has 0 saturated carbocycles. The monoisotopic (exact) mass is 343 g/mol. The maximum Gasteiger partial charge on any atom is 0.223 e. The number of rotatable bonds is 5. The van der Waals surface area contributed by atoms with Crippen molar-refractivity contribution in [1.29, 1.82) is 0 Å². The van der Waals surface area contributed by atoms with Crippen molar-refractivity contribution in [2.45, 2.75) is 44.1 Å². The summed E-state index contributed by atoms with van der Waals surface area (Å²) >= 11 is 0. The van der Waals surface area contributed by atoms with E-state index in [-0.39, 0.29) is 5.60 Å². The molecule has 2 saturated heterocycles. The Labute approximate surface area is 150 Å². The average Bonchev–Trinajstić information content (AvgIpc) is 3.00. The summed E-state index contributed by atoms with van der Waals surface area (Å²) in [7, 11) is 1.76. The van der Waals surface area contributed by atoms with E-state index in [0.29, 0.717) is 24.2 Å². The molecule has 4 rings (SSSR count). The number of benzene rings is 1. The Morgan fingerprint density at radius 2 is 1.96 bits per heavy atom. The van der Waals surface area contributed by atoms with Gasteiger partial charge in [0.25, 0.3) is 0 Å². The highest BCUT2D eigenvalue weighted by atomic mass is 16.5. The molecular weight excluding hydrogens is 314 g/mol. The number of carbonyl (C=O) groups excluding carboxylic acids is 1. The Morgan fingerprint density at radius 3 is 2.64 bits per heavy atom. The summed E-state index contributed by atoms with van der Waals surface area (Å²) in [6, 6.07) is 8.61. The Morgan fingerprint density at radius 1 is 1.24 bits per heavy atom. The molecule has 0 radical (unpaired) electrons. The van der Waals surface area contributed by atoms with E-state index in [9.17, 15) is 4.79 Å². The van der Waals surface area contributed by atoms with Crippen LogP contribution in [0.2, 0.25) is 0 Å². The van der Waals surface area contributed by atoms with Gasteiger partial charge in [0.05, 0.1) is 13.1 Å². The first-order chi connectivity index (χ1) is 12.2. The molecule has 1 amide bonds. The van der Waals surface area contributed by atoms with Gasteiger partial charge in [-0.05, 0) is 55.1 Å². The maximum absolute atomic E-state index is 12.7. The molecule has 2 fully saturated rings. The normalized spacial score (nSPS) is 25.0. The van der Waals surface area contributed by atoms with Gasteiger partial charge in [-0.1, -0.05) is 24.3 Å². The molecule has 136 valence electrons. The van der Waals surface area contributed by atoms with Gasteiger partial charge >= 0.3 is 0 Å². The number of nitrogens with zero attached hydrogens (tertiary/aromatic N) is 1. The third kappa shape index (κ3) is 3.61. The molecule has 0 N–H and O–H groups in total. The quantitative estimate of drug-likeness (QED) is 0.825. The lowest BCUT2D eigenvalue weighted by Gasteiger charge is -2.53. The second-order valence-electron chi connectivity index (χ2n) is 8.17. The van der Waals surface area contributed by atoms with E-state index in [1.54, 1.807) is 7.11 Å². The molecule has 2 heterocycles. The molecule has 1 aliphatic carbocycles. The van der Waals surface area contributed by atoms with Crippen LogP contribution in [0.5, 0.6) is 0 Å². The fourth-order valence-corrected chi connectivity index (χ4v) is 4.88. The second kappa shape index (κ2) is 7.08. The summed E-state index contributed by atoms with van der Waals surface area (Å²) in [5.74, 6) is 1.46. The highest BCUT2D eigenvalue weighted by Gasteiger charge is 2.49. The lowest BCUT2D eigenvalue weighted by molar-refractivity contribution is -0.189. The molecule has 1 aromatic rings. The van der Waals surface area contributed by atoms with E-state index in [0.717, 1.165) is 58.4 Å². The minimum absolute atomic E-state index is 0.0645. The van der Waals surface area contributed by atoms with Crippen LogP contribution in [0.4, 0.5) is 0 Å². The number of methoxy groups -OCH3 is 1. The summed E-state index contributed by atoms with van der Waals surface area (Å²) in [5.41, 5.74) is 2.79. The van der Waals surface area contributed by atoms with Crippen molar-refractivity contribution in [3.63, 3.8) is 0 Å². The molecule has 25 heavy (non-hydrogen) atoms. The number of fused-ring (bicyclic) bond motifs is 1. The summed E-state index contributed by atoms with van der Waals surface area (Å²) < 4.78 is 11.3. The third-order valence-electron chi connectivity index (χ3n) is 6.23. The molecule has 0 bridgehead atoms. The number of amides is 1. The smallest absolute Gasteiger partial charge is 0.223 e. The number of ether oxygens (including phenoxy) is 2. The van der Waals surface area contributed by atoms with Crippen molar-refractivity contribution in [2.24, 2.45) is 11.8 Å². The Bertz CT molecular complexity index is 598. The van der Waals surface area contributed by atoms with Crippen molar-refractivity contribution in [3.05, 3.63) is 35.4 Å². The van der Waals surface area contributed by atoms with E-state index < -0.39 is 0 Å². The van der Waals surface area contributed by atoms with E-state index in [1.165, 1.54) is 11.1 Å². The highest BCUT2D eigenvalue weighted by molar-refractivity contribution is 5.78. The van der Waals surface area contributed by atoms with Crippen LogP contribution in [0.3, 0.4) is 0 Å². The summed E-state index contributed by atoms with van der Waals surface area (Å²) in [6.07, 6.45) is 6.09. The number of hydrogen-bond acceptors (Lipinski definition) is 3. The van der Waals surface area contributed by atoms with Crippen LogP contribution in [-0.4, -0.2) is 49.8 Å². The predicted molar refractivity (Wildman–Crippen MR) is 96.4 cm³/mol. The third-order valence-corrected chi connectivity index (χ3v) is 6.23. The number of hydrogen-bond donors (Lipinski definition) is 0. The number of carbonyl (C=O) groups is 1. The van der Waals surface area contributed by atoms with Crippen LogP contribution in [0, 0.1) is 11.8 Å². The standard InChI is InChI=1S/C21H29NO3/c1-24-8-6-16-7-9-25-21(13-16)14-22(15-21)20(23)12-17-10-18-4-2-3-5-19(18)11-17/h2-5,16-17H,6-15H2,1H3. The van der Waals surface area contributed by atoms with Crippen LogP contribution < -0.4 is 0 Å². The molecular formula is C21H29NO3. The topological polar surface area (TPSA) is 38.8 Å². The zero-order valence-corrected chi connectivity index (χ0v) is 15.2. The van der Waals surface area contributed by atoms with Gasteiger partial charge in [-0.2, -0.15) is 0 Å². The van der Waals surface area contributed by atoms with Crippen LogP contribution in [-0.2, 0) is 27.1 Å². The molecule has 1 atom stereocenters. The minimum atomic E-state index is -0.0645. The summed E-state index contributed by atoms with van der Waals surface area (Å²) in [4.78, 5) is 14.7. The highest BCUT2D eigenvalue weighted by Crippen LogP contribution is 2.39. The second-order valence-corrected chi connectivity index (χ2v) is 8.17. The van der Waals surface area contributed by atoms with Crippen molar-refractivity contribution in [3.8, 4) is 0 Å². The van der Waals surface area contributed by atoms with Gasteiger partial charge in [-0.3, -0.25) is 4.79 Å². The fraction of sp³-hybridized carbons (Fsp3) is 0.667. The van der Waals surface area contributed by atoms with Gasteiger partial charge in [-0.25, -0.2) is 0 Å². The van der Waals surface area contributed by atoms with Gasteiger partial charge in [0.2, 0.25) is 5.91 Å². The van der Waals surface area contributed by atoms with E-state index in [4.69, 9.17) is 9.47 Å². The van der Waals surface area contributed by atoms with Crippen LogP contribution in [0.15, 0.2) is 24.3 Å². The Balaban J connectivity index is 1.26. The van der Waals surface area contributed by atoms with E-state index >= 15 is 0 Å². The zero-order chi connectivity index (χ0) is 17.3. The molecule has 1 spiro atoms. The Kier molecular flexibility index (Phi) is 4.83. The predicted octanol–water partition coefficient (Wildman–Crippen LogP) is 2.84. The average molecular weight is 343 g/mol. The first-order valence-corrected chi connectivity index (χ1v) is 9.65. The molecule has 3 aliphatic rings. The van der Waals surface area contributed by atoms with Gasteiger partial charge in [0.1, 0.15) is 5.60 Å². The first kappa shape index (κ1) is 17.0.